The van der Waals surface area contributed by atoms with Crippen molar-refractivity contribution in [3.63, 3.8) is 0 Å². The topological polar surface area (TPSA) is 92.3 Å². The van der Waals surface area contributed by atoms with E-state index < -0.39 is 0 Å². The van der Waals surface area contributed by atoms with Gasteiger partial charge >= 0.3 is 0 Å². The fraction of sp³-hybridized carbons (Fsp3) is 0.273. The Kier molecular flexibility index (Phi) is 7.93. The van der Waals surface area contributed by atoms with Gasteiger partial charge in [0.25, 0.3) is 5.22 Å². The van der Waals surface area contributed by atoms with Gasteiger partial charge in [-0.3, -0.25) is 4.79 Å². The number of anilines is 1. The van der Waals surface area contributed by atoms with Gasteiger partial charge in [0.1, 0.15) is 5.75 Å². The van der Waals surface area contributed by atoms with E-state index in [9.17, 15) is 4.79 Å². The van der Waals surface area contributed by atoms with E-state index in [2.05, 4.69) is 16.3 Å². The summed E-state index contributed by atoms with van der Waals surface area (Å²) in [4.78, 5) is 14.4. The molecule has 2 aromatic carbocycles. The van der Waals surface area contributed by atoms with Crippen LogP contribution in [0.15, 0.2) is 52.1 Å². The maximum atomic E-state index is 12.8. The summed E-state index contributed by atoms with van der Waals surface area (Å²) in [7, 11) is 1.62. The van der Waals surface area contributed by atoms with Crippen LogP contribution in [0, 0.1) is 18.3 Å². The fourth-order valence-corrected chi connectivity index (χ4v) is 3.62. The molecule has 7 nitrogen and oxygen atoms in total. The standard InChI is InChI=1S/C22H21ClN4O3S/c1-15-12-17(6-9-19(15)23)27(11-3-10-24)21(28)14-31-22-26-25-20(30-22)13-16-4-7-18(29-2)8-5-16/h4-9,12H,3,11,13-14H2,1-2H3. The van der Waals surface area contributed by atoms with E-state index in [0.29, 0.717) is 34.8 Å². The molecule has 0 fully saturated rings. The predicted molar refractivity (Wildman–Crippen MR) is 120 cm³/mol. The minimum Gasteiger partial charge on any atom is -0.497 e. The molecule has 0 aliphatic heterocycles. The van der Waals surface area contributed by atoms with Crippen molar-refractivity contribution in [2.45, 2.75) is 25.0 Å². The van der Waals surface area contributed by atoms with E-state index in [4.69, 9.17) is 26.0 Å². The van der Waals surface area contributed by atoms with E-state index in [1.54, 1.807) is 24.1 Å². The second-order valence-corrected chi connectivity index (χ2v) is 8.00. The molecule has 31 heavy (non-hydrogen) atoms. The highest BCUT2D eigenvalue weighted by atomic mass is 35.5. The fourth-order valence-electron chi connectivity index (χ4n) is 2.84. The third-order valence-electron chi connectivity index (χ3n) is 4.48. The van der Waals surface area contributed by atoms with E-state index in [1.165, 1.54) is 11.8 Å². The smallest absolute Gasteiger partial charge is 0.277 e. The second kappa shape index (κ2) is 10.8. The molecule has 9 heteroatoms. The average molecular weight is 457 g/mol. The third kappa shape index (κ3) is 6.23. The van der Waals surface area contributed by atoms with E-state index in [1.807, 2.05) is 37.3 Å². The van der Waals surface area contributed by atoms with Crippen LogP contribution in [-0.2, 0) is 11.2 Å². The SMILES string of the molecule is COc1ccc(Cc2nnc(SCC(=O)N(CCC#N)c3ccc(Cl)c(C)c3)o2)cc1. The van der Waals surface area contributed by atoms with Crippen LogP contribution in [0.3, 0.4) is 0 Å². The Balaban J connectivity index is 1.62. The Hall–Kier alpha value is -3.02. The van der Waals surface area contributed by atoms with Gasteiger partial charge < -0.3 is 14.1 Å². The molecule has 0 N–H and O–H groups in total. The molecule has 1 heterocycles. The van der Waals surface area contributed by atoms with Crippen LogP contribution in [-0.4, -0.2) is 35.5 Å². The number of thioether (sulfide) groups is 1. The molecule has 0 aliphatic rings. The minimum atomic E-state index is -0.156. The number of nitriles is 1. The van der Waals surface area contributed by atoms with Gasteiger partial charge in [-0.05, 0) is 48.4 Å². The van der Waals surface area contributed by atoms with Crippen molar-refractivity contribution in [1.82, 2.24) is 10.2 Å². The summed E-state index contributed by atoms with van der Waals surface area (Å²) >= 11 is 7.26. The van der Waals surface area contributed by atoms with Gasteiger partial charge in [0.05, 0.1) is 31.8 Å². The normalized spacial score (nSPS) is 10.5. The maximum absolute atomic E-state index is 12.8. The lowest BCUT2D eigenvalue weighted by Gasteiger charge is -2.22. The molecule has 160 valence electrons. The van der Waals surface area contributed by atoms with E-state index in [-0.39, 0.29) is 18.1 Å². The summed E-state index contributed by atoms with van der Waals surface area (Å²) in [6, 6.07) is 15.0. The summed E-state index contributed by atoms with van der Waals surface area (Å²) in [5.41, 5.74) is 2.58. The molecule has 0 saturated heterocycles. The van der Waals surface area contributed by atoms with Crippen molar-refractivity contribution in [2.75, 3.05) is 24.3 Å². The van der Waals surface area contributed by atoms with Crippen LogP contribution < -0.4 is 9.64 Å². The molecule has 1 aromatic heterocycles. The first-order chi connectivity index (χ1) is 15.0. The van der Waals surface area contributed by atoms with Crippen LogP contribution in [0.1, 0.15) is 23.4 Å². The number of carbonyl (C=O) groups is 1. The average Bonchev–Trinajstić information content (AvgIpc) is 3.22. The number of rotatable bonds is 9. The zero-order chi connectivity index (χ0) is 22.2. The van der Waals surface area contributed by atoms with Crippen molar-refractivity contribution in [3.05, 3.63) is 64.5 Å². The van der Waals surface area contributed by atoms with Crippen molar-refractivity contribution in [2.24, 2.45) is 0 Å². The summed E-state index contributed by atoms with van der Waals surface area (Å²) in [5.74, 6) is 1.20. The van der Waals surface area contributed by atoms with Crippen molar-refractivity contribution in [3.8, 4) is 11.8 Å². The Morgan fingerprint density at radius 1 is 1.26 bits per heavy atom. The third-order valence-corrected chi connectivity index (χ3v) is 5.71. The molecular weight excluding hydrogens is 436 g/mol. The number of carbonyl (C=O) groups excluding carboxylic acids is 1. The van der Waals surface area contributed by atoms with Crippen molar-refractivity contribution < 1.29 is 13.9 Å². The number of ether oxygens (including phenoxy) is 1. The number of aromatic nitrogens is 2. The van der Waals surface area contributed by atoms with Crippen molar-refractivity contribution in [1.29, 1.82) is 5.26 Å². The number of halogens is 1. The first-order valence-electron chi connectivity index (χ1n) is 9.51. The van der Waals surface area contributed by atoms with Crippen LogP contribution in [0.4, 0.5) is 5.69 Å². The van der Waals surface area contributed by atoms with Gasteiger partial charge in [0, 0.05) is 17.3 Å². The summed E-state index contributed by atoms with van der Waals surface area (Å²) < 4.78 is 10.8. The number of aryl methyl sites for hydroxylation is 1. The molecule has 0 atom stereocenters. The molecule has 0 saturated carbocycles. The molecule has 3 rings (SSSR count). The van der Waals surface area contributed by atoms with Crippen LogP contribution >= 0.6 is 23.4 Å². The lowest BCUT2D eigenvalue weighted by atomic mass is 10.1. The number of hydrogen-bond acceptors (Lipinski definition) is 7. The largest absolute Gasteiger partial charge is 0.497 e. The Bertz CT molecular complexity index is 1080. The number of nitrogens with zero attached hydrogens (tertiary/aromatic N) is 4. The van der Waals surface area contributed by atoms with Gasteiger partial charge in [-0.1, -0.05) is 35.5 Å². The summed E-state index contributed by atoms with van der Waals surface area (Å²) in [6.07, 6.45) is 0.717. The van der Waals surface area contributed by atoms with Gasteiger partial charge in [-0.2, -0.15) is 5.26 Å². The van der Waals surface area contributed by atoms with E-state index >= 15 is 0 Å². The van der Waals surface area contributed by atoms with E-state index in [0.717, 1.165) is 16.9 Å². The predicted octanol–water partition coefficient (Wildman–Crippen LogP) is 4.67. The van der Waals surface area contributed by atoms with Crippen LogP contribution in [0.5, 0.6) is 5.75 Å². The number of methoxy groups -OCH3 is 1. The Morgan fingerprint density at radius 2 is 2.03 bits per heavy atom. The summed E-state index contributed by atoms with van der Waals surface area (Å²) in [5, 5.41) is 18.0. The number of benzene rings is 2. The van der Waals surface area contributed by atoms with Gasteiger partial charge in [0.2, 0.25) is 11.8 Å². The van der Waals surface area contributed by atoms with Crippen LogP contribution in [0.2, 0.25) is 5.02 Å². The molecule has 1 amide bonds. The van der Waals surface area contributed by atoms with Crippen LogP contribution in [0.25, 0.3) is 0 Å². The number of hydrogen-bond donors (Lipinski definition) is 0. The maximum Gasteiger partial charge on any atom is 0.277 e. The summed E-state index contributed by atoms with van der Waals surface area (Å²) in [6.45, 7) is 2.17. The zero-order valence-corrected chi connectivity index (χ0v) is 18.7. The second-order valence-electron chi connectivity index (χ2n) is 6.66. The molecule has 0 bridgehead atoms. The van der Waals surface area contributed by atoms with Crippen molar-refractivity contribution >= 4 is 35.0 Å². The molecule has 3 aromatic rings. The monoisotopic (exact) mass is 456 g/mol. The molecule has 0 radical (unpaired) electrons. The quantitative estimate of drug-likeness (QED) is 0.432. The number of amides is 1. The highest BCUT2D eigenvalue weighted by molar-refractivity contribution is 7.99. The molecule has 0 unspecified atom stereocenters. The lowest BCUT2D eigenvalue weighted by Crippen LogP contribution is -2.33. The Labute approximate surface area is 190 Å². The lowest BCUT2D eigenvalue weighted by molar-refractivity contribution is -0.116. The minimum absolute atomic E-state index is 0.108. The molecule has 0 aliphatic carbocycles. The zero-order valence-electron chi connectivity index (χ0n) is 17.2. The van der Waals surface area contributed by atoms with Gasteiger partial charge in [-0.25, -0.2) is 0 Å². The first-order valence-corrected chi connectivity index (χ1v) is 10.9. The highest BCUT2D eigenvalue weighted by Crippen LogP contribution is 2.25. The van der Waals surface area contributed by atoms with Gasteiger partial charge in [-0.15, -0.1) is 10.2 Å². The molecule has 0 spiro atoms. The van der Waals surface area contributed by atoms with Gasteiger partial charge in [0.15, 0.2) is 0 Å². The highest BCUT2D eigenvalue weighted by Gasteiger charge is 2.18. The molecular formula is C22H21ClN4O3S. The first kappa shape index (κ1) is 22.7. The Morgan fingerprint density at radius 3 is 2.71 bits per heavy atom.